The number of rotatable bonds is 2. The maximum absolute atomic E-state index is 6.27. The van der Waals surface area contributed by atoms with Crippen molar-refractivity contribution in [2.75, 3.05) is 13.6 Å². The van der Waals surface area contributed by atoms with Gasteiger partial charge in [0, 0.05) is 41.8 Å². The molecule has 0 fully saturated rings. The maximum Gasteiger partial charge on any atom is 0.0529 e. The highest BCUT2D eigenvalue weighted by Crippen LogP contribution is 2.33. The molecule has 0 saturated heterocycles. The van der Waals surface area contributed by atoms with Crippen molar-refractivity contribution < 1.29 is 0 Å². The number of hydrogen-bond acceptors (Lipinski definition) is 1. The number of nitrogens with zero attached hydrogens (tertiary/aromatic N) is 2. The first kappa shape index (κ1) is 15.5. The van der Waals surface area contributed by atoms with Gasteiger partial charge >= 0.3 is 0 Å². The van der Waals surface area contributed by atoms with Crippen LogP contribution in [0.5, 0.6) is 0 Å². The first-order valence-electron chi connectivity index (χ1n) is 8.37. The predicted molar refractivity (Wildman–Crippen MR) is 103 cm³/mol. The highest BCUT2D eigenvalue weighted by Gasteiger charge is 2.21. The van der Waals surface area contributed by atoms with Crippen LogP contribution < -0.4 is 0 Å². The van der Waals surface area contributed by atoms with Gasteiger partial charge in [0.2, 0.25) is 0 Å². The molecule has 24 heavy (non-hydrogen) atoms. The number of aromatic nitrogens is 1. The molecule has 3 heteroatoms. The zero-order chi connectivity index (χ0) is 16.7. The first-order chi connectivity index (χ1) is 11.6. The van der Waals surface area contributed by atoms with E-state index >= 15 is 0 Å². The van der Waals surface area contributed by atoms with Gasteiger partial charge in [-0.2, -0.15) is 0 Å². The Morgan fingerprint density at radius 1 is 1.12 bits per heavy atom. The molecule has 0 bridgehead atoms. The zero-order valence-electron chi connectivity index (χ0n) is 14.1. The fourth-order valence-corrected chi connectivity index (χ4v) is 3.79. The molecule has 1 aliphatic heterocycles. The molecule has 2 nitrogen and oxygen atoms in total. The Balaban J connectivity index is 1.92. The van der Waals surface area contributed by atoms with Crippen molar-refractivity contribution in [3.05, 3.63) is 70.4 Å². The van der Waals surface area contributed by atoms with E-state index in [1.54, 1.807) is 0 Å². The molecular weight excluding hydrogens is 316 g/mol. The predicted octanol–water partition coefficient (Wildman–Crippen LogP) is 5.30. The van der Waals surface area contributed by atoms with Gasteiger partial charge in [-0.05, 0) is 48.9 Å². The van der Waals surface area contributed by atoms with Crippen LogP contribution >= 0.6 is 11.6 Å². The van der Waals surface area contributed by atoms with Crippen molar-refractivity contribution in [2.24, 2.45) is 0 Å². The van der Waals surface area contributed by atoms with E-state index < -0.39 is 0 Å². The Hall–Kier alpha value is -2.03. The maximum atomic E-state index is 6.27. The lowest BCUT2D eigenvalue weighted by atomic mass is 10.1. The van der Waals surface area contributed by atoms with Crippen LogP contribution in [0.4, 0.5) is 0 Å². The molecule has 0 unspecified atom stereocenters. The molecule has 0 saturated carbocycles. The van der Waals surface area contributed by atoms with Crippen molar-refractivity contribution in [2.45, 2.75) is 19.9 Å². The highest BCUT2D eigenvalue weighted by atomic mass is 35.5. The van der Waals surface area contributed by atoms with Crippen LogP contribution in [0, 0.1) is 0 Å². The lowest BCUT2D eigenvalue weighted by Gasteiger charge is -2.23. The van der Waals surface area contributed by atoms with Crippen LogP contribution in [0.2, 0.25) is 5.02 Å². The van der Waals surface area contributed by atoms with Crippen molar-refractivity contribution in [3.8, 4) is 0 Å². The summed E-state index contributed by atoms with van der Waals surface area (Å²) < 4.78 is 2.37. The fourth-order valence-electron chi connectivity index (χ4n) is 3.62. The summed E-state index contributed by atoms with van der Waals surface area (Å²) >= 11 is 6.27. The number of benzene rings is 2. The van der Waals surface area contributed by atoms with Gasteiger partial charge in [0.15, 0.2) is 0 Å². The van der Waals surface area contributed by atoms with Crippen molar-refractivity contribution >= 4 is 34.3 Å². The SMILES string of the molecule is C/C(=C\n1c2c(c3cc(Cl)ccc31)CN(C)CC2)c1ccccc1. The summed E-state index contributed by atoms with van der Waals surface area (Å²) in [5.41, 5.74) is 6.60. The number of allylic oxidation sites excluding steroid dienone is 1. The molecule has 0 aliphatic carbocycles. The monoisotopic (exact) mass is 336 g/mol. The van der Waals surface area contributed by atoms with Crippen LogP contribution in [0.3, 0.4) is 0 Å². The Morgan fingerprint density at radius 2 is 1.92 bits per heavy atom. The number of halogens is 1. The smallest absolute Gasteiger partial charge is 0.0529 e. The van der Waals surface area contributed by atoms with E-state index in [9.17, 15) is 0 Å². The van der Waals surface area contributed by atoms with Crippen molar-refractivity contribution in [1.82, 2.24) is 9.47 Å². The molecule has 0 amide bonds. The second kappa shape index (κ2) is 6.12. The number of fused-ring (bicyclic) bond motifs is 3. The average Bonchev–Trinajstić information content (AvgIpc) is 2.88. The van der Waals surface area contributed by atoms with E-state index in [1.165, 1.54) is 33.3 Å². The molecule has 1 aliphatic rings. The van der Waals surface area contributed by atoms with Gasteiger partial charge < -0.3 is 9.47 Å². The minimum Gasteiger partial charge on any atom is -0.320 e. The molecule has 0 atom stereocenters. The summed E-state index contributed by atoms with van der Waals surface area (Å²) in [6.45, 7) is 4.26. The third-order valence-electron chi connectivity index (χ3n) is 4.89. The Bertz CT molecular complexity index is 922. The summed E-state index contributed by atoms with van der Waals surface area (Å²) in [5.74, 6) is 0. The van der Waals surface area contributed by atoms with E-state index in [0.29, 0.717) is 0 Å². The largest absolute Gasteiger partial charge is 0.320 e. The van der Waals surface area contributed by atoms with Crippen LogP contribution in [0.1, 0.15) is 23.7 Å². The third-order valence-corrected chi connectivity index (χ3v) is 5.13. The van der Waals surface area contributed by atoms with Gasteiger partial charge in [-0.15, -0.1) is 0 Å². The van der Waals surface area contributed by atoms with Crippen LogP contribution in [0.25, 0.3) is 22.7 Å². The summed E-state index contributed by atoms with van der Waals surface area (Å²) in [6.07, 6.45) is 3.34. The third kappa shape index (κ3) is 2.66. The molecule has 4 rings (SSSR count). The fraction of sp³-hybridized carbons (Fsp3) is 0.238. The van der Waals surface area contributed by atoms with Crippen LogP contribution in [-0.2, 0) is 13.0 Å². The lowest BCUT2D eigenvalue weighted by molar-refractivity contribution is 0.312. The molecule has 122 valence electrons. The molecule has 1 aromatic heterocycles. The second-order valence-electron chi connectivity index (χ2n) is 6.62. The van der Waals surface area contributed by atoms with E-state index in [0.717, 1.165) is 24.5 Å². The van der Waals surface area contributed by atoms with Crippen molar-refractivity contribution in [1.29, 1.82) is 0 Å². The van der Waals surface area contributed by atoms with E-state index in [2.05, 4.69) is 72.1 Å². The normalized spacial score (nSPS) is 15.7. The molecule has 2 aromatic carbocycles. The first-order valence-corrected chi connectivity index (χ1v) is 8.75. The molecule has 0 radical (unpaired) electrons. The lowest BCUT2D eigenvalue weighted by Crippen LogP contribution is -2.26. The Labute approximate surface area is 148 Å². The van der Waals surface area contributed by atoms with Gasteiger partial charge in [0.25, 0.3) is 0 Å². The van der Waals surface area contributed by atoms with Crippen molar-refractivity contribution in [3.63, 3.8) is 0 Å². The number of hydrogen-bond donors (Lipinski definition) is 0. The average molecular weight is 337 g/mol. The van der Waals surface area contributed by atoms with E-state index in [4.69, 9.17) is 11.6 Å². The van der Waals surface area contributed by atoms with Crippen LogP contribution in [-0.4, -0.2) is 23.1 Å². The Morgan fingerprint density at radius 3 is 2.71 bits per heavy atom. The van der Waals surface area contributed by atoms with E-state index in [-0.39, 0.29) is 0 Å². The van der Waals surface area contributed by atoms with Gasteiger partial charge in [-0.1, -0.05) is 41.9 Å². The summed E-state index contributed by atoms with van der Waals surface area (Å²) in [7, 11) is 2.18. The Kier molecular flexibility index (Phi) is 3.95. The van der Waals surface area contributed by atoms with Gasteiger partial charge in [-0.25, -0.2) is 0 Å². The van der Waals surface area contributed by atoms with Gasteiger partial charge in [0.05, 0.1) is 5.52 Å². The summed E-state index contributed by atoms with van der Waals surface area (Å²) in [5, 5.41) is 2.08. The molecule has 0 N–H and O–H groups in total. The molecule has 0 spiro atoms. The molecular formula is C21H21ClN2. The van der Waals surface area contributed by atoms with Gasteiger partial charge in [-0.3, -0.25) is 0 Å². The molecule has 3 aromatic rings. The van der Waals surface area contributed by atoms with Gasteiger partial charge in [0.1, 0.15) is 0 Å². The quantitative estimate of drug-likeness (QED) is 0.616. The standard InChI is InChI=1S/C21H21ClN2/c1-15(16-6-4-3-5-7-16)13-24-20-9-8-17(22)12-18(20)19-14-23(2)11-10-21(19)24/h3-9,12-13H,10-11,14H2,1-2H3/b15-13+. The molecule has 2 heterocycles. The zero-order valence-corrected chi connectivity index (χ0v) is 14.8. The minimum atomic E-state index is 0.805. The number of likely N-dealkylation sites (N-methyl/N-ethyl adjacent to an activating group) is 1. The topological polar surface area (TPSA) is 8.17 Å². The summed E-state index contributed by atoms with van der Waals surface area (Å²) in [4.78, 5) is 2.38. The minimum absolute atomic E-state index is 0.805. The second-order valence-corrected chi connectivity index (χ2v) is 7.06. The highest BCUT2D eigenvalue weighted by molar-refractivity contribution is 6.31. The summed E-state index contributed by atoms with van der Waals surface area (Å²) in [6, 6.07) is 16.8. The van der Waals surface area contributed by atoms with Crippen LogP contribution in [0.15, 0.2) is 48.5 Å². The van der Waals surface area contributed by atoms with E-state index in [1.807, 2.05) is 6.07 Å².